The van der Waals surface area contributed by atoms with Gasteiger partial charge in [-0.15, -0.1) is 11.3 Å². The van der Waals surface area contributed by atoms with Gasteiger partial charge in [-0.25, -0.2) is 0 Å². The molecule has 0 spiro atoms. The van der Waals surface area contributed by atoms with Gasteiger partial charge in [-0.2, -0.15) is 0 Å². The molecule has 0 unspecified atom stereocenters. The molecule has 1 aliphatic heterocycles. The number of carbonyl (C=O) groups excluding carboxylic acids is 1. The highest BCUT2D eigenvalue weighted by molar-refractivity contribution is 7.20. The molecule has 0 amide bonds. The largest absolute Gasteiger partial charge is 0.508 e. The molecule has 5 heteroatoms. The Balaban J connectivity index is 1.37. The molecule has 1 aliphatic carbocycles. The molecule has 0 saturated carbocycles. The molecule has 33 heavy (non-hydrogen) atoms. The van der Waals surface area contributed by atoms with E-state index >= 15 is 0 Å². The maximum Gasteiger partial charge on any atom is 0.195 e. The van der Waals surface area contributed by atoms with Gasteiger partial charge >= 0.3 is 0 Å². The first-order chi connectivity index (χ1) is 16.2. The minimum absolute atomic E-state index is 0.00156. The predicted molar refractivity (Wildman–Crippen MR) is 136 cm³/mol. The molecule has 1 fully saturated rings. The van der Waals surface area contributed by atoms with E-state index in [1.54, 1.807) is 23.5 Å². The van der Waals surface area contributed by atoms with Crippen LogP contribution < -0.4 is 4.74 Å². The van der Waals surface area contributed by atoms with E-state index in [1.165, 1.54) is 19.3 Å². The number of rotatable bonds is 7. The van der Waals surface area contributed by atoms with Crippen LogP contribution >= 0.6 is 11.3 Å². The summed E-state index contributed by atoms with van der Waals surface area (Å²) in [6, 6.07) is 12.7. The van der Waals surface area contributed by atoms with Gasteiger partial charge in [-0.1, -0.05) is 24.6 Å². The van der Waals surface area contributed by atoms with Crippen molar-refractivity contribution in [1.82, 2.24) is 4.90 Å². The Morgan fingerprint density at radius 2 is 1.85 bits per heavy atom. The Kier molecular flexibility index (Phi) is 6.60. The molecule has 1 N–H and O–H groups in total. The zero-order valence-electron chi connectivity index (χ0n) is 18.8. The number of hydrogen-bond acceptors (Lipinski definition) is 5. The van der Waals surface area contributed by atoms with E-state index in [9.17, 15) is 9.90 Å². The minimum Gasteiger partial charge on any atom is -0.508 e. The summed E-state index contributed by atoms with van der Waals surface area (Å²) in [5.74, 6) is 1.01. The third-order valence-corrected chi connectivity index (χ3v) is 7.60. The highest BCUT2D eigenvalue weighted by atomic mass is 32.1. The highest BCUT2D eigenvalue weighted by Crippen LogP contribution is 2.40. The summed E-state index contributed by atoms with van der Waals surface area (Å²) in [4.78, 5) is 17.1. The molecule has 0 bridgehead atoms. The van der Waals surface area contributed by atoms with Gasteiger partial charge < -0.3 is 9.84 Å². The first-order valence-electron chi connectivity index (χ1n) is 11.8. The molecular weight excluding hydrogens is 430 g/mol. The van der Waals surface area contributed by atoms with Crippen molar-refractivity contribution in [3.05, 3.63) is 76.7 Å². The van der Waals surface area contributed by atoms with Crippen molar-refractivity contribution in [2.45, 2.75) is 32.1 Å². The molecule has 4 nitrogen and oxygen atoms in total. The lowest BCUT2D eigenvalue weighted by molar-refractivity contribution is 0.104. The zero-order valence-corrected chi connectivity index (χ0v) is 19.6. The molecule has 0 atom stereocenters. The zero-order chi connectivity index (χ0) is 22.6. The van der Waals surface area contributed by atoms with E-state index in [2.05, 4.69) is 23.1 Å². The van der Waals surface area contributed by atoms with Crippen LogP contribution in [0.5, 0.6) is 11.5 Å². The number of benzene rings is 2. The van der Waals surface area contributed by atoms with Gasteiger partial charge in [0, 0.05) is 32.6 Å². The smallest absolute Gasteiger partial charge is 0.195 e. The van der Waals surface area contributed by atoms with Crippen molar-refractivity contribution in [2.24, 2.45) is 0 Å². The van der Waals surface area contributed by atoms with Crippen LogP contribution in [0.4, 0.5) is 0 Å². The van der Waals surface area contributed by atoms with Crippen molar-refractivity contribution in [3.63, 3.8) is 0 Å². The van der Waals surface area contributed by atoms with Gasteiger partial charge in [-0.3, -0.25) is 9.69 Å². The van der Waals surface area contributed by atoms with E-state index in [0.717, 1.165) is 58.8 Å². The van der Waals surface area contributed by atoms with Gasteiger partial charge in [0.2, 0.25) is 0 Å². The standard InChI is InChI=1S/C28H29NO3S/c30-22-11-14-24-25(19-22)33-28(21-7-3-1-4-8-21)26(24)27(31)20-9-12-23(13-10-20)32-18-17-29-15-5-2-6-16-29/h3,7-14,19,30H,1-2,4-6,15-18H2. The number of ketones is 1. The van der Waals surface area contributed by atoms with Crippen LogP contribution in [0.15, 0.2) is 60.7 Å². The second-order valence-electron chi connectivity index (χ2n) is 8.73. The number of carbonyl (C=O) groups is 1. The first-order valence-corrected chi connectivity index (χ1v) is 12.6. The molecule has 3 aromatic rings. The molecule has 2 heterocycles. The topological polar surface area (TPSA) is 49.8 Å². The number of nitrogens with zero attached hydrogens (tertiary/aromatic N) is 1. The molecule has 2 aromatic carbocycles. The summed E-state index contributed by atoms with van der Waals surface area (Å²) >= 11 is 1.57. The van der Waals surface area contributed by atoms with Crippen LogP contribution in [0.25, 0.3) is 15.7 Å². The maximum absolute atomic E-state index is 13.6. The first kappa shape index (κ1) is 21.9. The van der Waals surface area contributed by atoms with Crippen molar-refractivity contribution in [3.8, 4) is 11.5 Å². The van der Waals surface area contributed by atoms with Crippen LogP contribution in [0.1, 0.15) is 52.9 Å². The van der Waals surface area contributed by atoms with Crippen LogP contribution in [0.3, 0.4) is 0 Å². The van der Waals surface area contributed by atoms with Crippen LogP contribution in [0, 0.1) is 0 Å². The summed E-state index contributed by atoms with van der Waals surface area (Å²) < 4.78 is 6.86. The summed E-state index contributed by atoms with van der Waals surface area (Å²) in [6.07, 6.45) is 12.3. The van der Waals surface area contributed by atoms with Crippen molar-refractivity contribution in [1.29, 1.82) is 0 Å². The summed E-state index contributed by atoms with van der Waals surface area (Å²) in [7, 11) is 0. The normalized spacial score (nSPS) is 16.7. The van der Waals surface area contributed by atoms with Gasteiger partial charge in [0.25, 0.3) is 0 Å². The number of allylic oxidation sites excluding steroid dienone is 4. The molecule has 1 saturated heterocycles. The van der Waals surface area contributed by atoms with Gasteiger partial charge in [0.05, 0.1) is 0 Å². The fourth-order valence-electron chi connectivity index (χ4n) is 4.62. The van der Waals surface area contributed by atoms with Gasteiger partial charge in [-0.05, 0) is 86.8 Å². The van der Waals surface area contributed by atoms with Gasteiger partial charge in [0.15, 0.2) is 5.78 Å². The van der Waals surface area contributed by atoms with Crippen LogP contribution in [-0.2, 0) is 0 Å². The number of likely N-dealkylation sites (tertiary alicyclic amines) is 1. The lowest BCUT2D eigenvalue weighted by Gasteiger charge is -2.26. The van der Waals surface area contributed by atoms with E-state index < -0.39 is 0 Å². The lowest BCUT2D eigenvalue weighted by atomic mass is 9.95. The molecule has 170 valence electrons. The number of phenolic OH excluding ortho intramolecular Hbond substituents is 1. The number of piperidine rings is 1. The van der Waals surface area contributed by atoms with Crippen molar-refractivity contribution >= 4 is 32.8 Å². The third-order valence-electron chi connectivity index (χ3n) is 6.40. The fourth-order valence-corrected chi connectivity index (χ4v) is 5.87. The van der Waals surface area contributed by atoms with Crippen molar-refractivity contribution in [2.75, 3.05) is 26.2 Å². The average Bonchev–Trinajstić information content (AvgIpc) is 3.24. The Morgan fingerprint density at radius 1 is 1.03 bits per heavy atom. The maximum atomic E-state index is 13.6. The van der Waals surface area contributed by atoms with E-state index in [-0.39, 0.29) is 11.5 Å². The SMILES string of the molecule is O=C(c1ccc(OCCN2CCCCC2)cc1)c1c(C2=CCCC=C2)sc2cc(O)ccc12. The minimum atomic E-state index is 0.00156. The monoisotopic (exact) mass is 459 g/mol. The molecule has 0 radical (unpaired) electrons. The molecule has 1 aromatic heterocycles. The molecular formula is C28H29NO3S. The number of hydrogen-bond donors (Lipinski definition) is 1. The van der Waals surface area contributed by atoms with E-state index in [1.807, 2.05) is 30.3 Å². The van der Waals surface area contributed by atoms with E-state index in [4.69, 9.17) is 4.74 Å². The number of thiophene rings is 1. The second kappa shape index (κ2) is 9.94. The number of phenols is 1. The van der Waals surface area contributed by atoms with Crippen molar-refractivity contribution < 1.29 is 14.6 Å². The Labute approximate surface area is 198 Å². The predicted octanol–water partition coefficient (Wildman–Crippen LogP) is 6.44. The van der Waals surface area contributed by atoms with Gasteiger partial charge in [0.1, 0.15) is 18.1 Å². The Morgan fingerprint density at radius 3 is 2.61 bits per heavy atom. The second-order valence-corrected chi connectivity index (χ2v) is 9.78. The average molecular weight is 460 g/mol. The summed E-state index contributed by atoms with van der Waals surface area (Å²) in [6.45, 7) is 3.94. The Hall–Kier alpha value is -2.89. The number of aromatic hydroxyl groups is 1. The molecule has 5 rings (SSSR count). The third kappa shape index (κ3) is 4.90. The van der Waals surface area contributed by atoms with E-state index in [0.29, 0.717) is 17.7 Å². The quantitative estimate of drug-likeness (QED) is 0.413. The lowest BCUT2D eigenvalue weighted by Crippen LogP contribution is -2.33. The van der Waals surface area contributed by atoms with Crippen LogP contribution in [-0.4, -0.2) is 42.0 Å². The molecule has 2 aliphatic rings. The number of fused-ring (bicyclic) bond motifs is 1. The Bertz CT molecular complexity index is 1200. The highest BCUT2D eigenvalue weighted by Gasteiger charge is 2.22. The summed E-state index contributed by atoms with van der Waals surface area (Å²) in [5, 5.41) is 10.8. The summed E-state index contributed by atoms with van der Waals surface area (Å²) in [5.41, 5.74) is 2.45. The number of ether oxygens (including phenoxy) is 1. The van der Waals surface area contributed by atoms with Crippen LogP contribution in [0.2, 0.25) is 0 Å². The fraction of sp³-hybridized carbons (Fsp3) is 0.321.